The average molecular weight is 335 g/mol. The van der Waals surface area contributed by atoms with Gasteiger partial charge in [-0.3, -0.25) is 14.5 Å². The zero-order chi connectivity index (χ0) is 18.1. The number of likely N-dealkylation sites (N-methyl/N-ethyl adjacent to an activating group) is 2. The van der Waals surface area contributed by atoms with Crippen molar-refractivity contribution in [3.8, 4) is 0 Å². The number of hydrogen-bond acceptors (Lipinski definition) is 3. The van der Waals surface area contributed by atoms with E-state index < -0.39 is 5.41 Å². The standard InChI is InChI=1S/C18H26FN3O2/c1-18(2,13-6-8-14(19)9-7-13)17(24)22-11-10-21(5)15(12-22)16(23)20(3)4/h6-9,15H,10-12H2,1-5H3. The van der Waals surface area contributed by atoms with E-state index in [1.807, 2.05) is 25.8 Å². The van der Waals surface area contributed by atoms with Crippen LogP contribution in [0.1, 0.15) is 19.4 Å². The van der Waals surface area contributed by atoms with E-state index >= 15 is 0 Å². The Morgan fingerprint density at radius 1 is 1.17 bits per heavy atom. The maximum atomic E-state index is 13.1. The summed E-state index contributed by atoms with van der Waals surface area (Å²) in [6, 6.07) is 5.69. The predicted octanol–water partition coefficient (Wildman–Crippen LogP) is 1.33. The second-order valence-corrected chi connectivity index (χ2v) is 7.11. The average Bonchev–Trinajstić information content (AvgIpc) is 2.54. The van der Waals surface area contributed by atoms with Crippen LogP contribution in [0.2, 0.25) is 0 Å². The lowest BCUT2D eigenvalue weighted by molar-refractivity contribution is -0.144. The molecular formula is C18H26FN3O2. The quantitative estimate of drug-likeness (QED) is 0.837. The van der Waals surface area contributed by atoms with Crippen LogP contribution in [0, 0.1) is 5.82 Å². The molecule has 132 valence electrons. The molecule has 1 aliphatic rings. The van der Waals surface area contributed by atoms with E-state index in [1.54, 1.807) is 36.0 Å². The maximum absolute atomic E-state index is 13.1. The van der Waals surface area contributed by atoms with E-state index in [9.17, 15) is 14.0 Å². The van der Waals surface area contributed by atoms with Gasteiger partial charge in [-0.15, -0.1) is 0 Å². The van der Waals surface area contributed by atoms with E-state index in [0.29, 0.717) is 19.6 Å². The molecule has 0 saturated carbocycles. The van der Waals surface area contributed by atoms with Crippen molar-refractivity contribution in [2.45, 2.75) is 25.3 Å². The Bertz CT molecular complexity index is 613. The van der Waals surface area contributed by atoms with Crippen molar-refractivity contribution >= 4 is 11.8 Å². The van der Waals surface area contributed by atoms with Gasteiger partial charge in [0.25, 0.3) is 0 Å². The summed E-state index contributed by atoms with van der Waals surface area (Å²) in [6.45, 7) is 5.27. The summed E-state index contributed by atoms with van der Waals surface area (Å²) in [6.07, 6.45) is 0. The zero-order valence-electron chi connectivity index (χ0n) is 15.0. The topological polar surface area (TPSA) is 43.9 Å². The first-order chi connectivity index (χ1) is 11.1. The second-order valence-electron chi connectivity index (χ2n) is 7.11. The number of nitrogens with zero attached hydrogens (tertiary/aromatic N) is 3. The van der Waals surface area contributed by atoms with Gasteiger partial charge in [0.05, 0.1) is 5.41 Å². The summed E-state index contributed by atoms with van der Waals surface area (Å²) >= 11 is 0. The minimum Gasteiger partial charge on any atom is -0.347 e. The minimum absolute atomic E-state index is 0.00501. The Balaban J connectivity index is 2.19. The molecule has 0 aliphatic carbocycles. The Morgan fingerprint density at radius 2 is 1.75 bits per heavy atom. The molecule has 2 rings (SSSR count). The molecule has 0 aromatic heterocycles. The molecule has 5 nitrogen and oxygen atoms in total. The molecule has 1 heterocycles. The summed E-state index contributed by atoms with van der Waals surface area (Å²) in [5, 5.41) is 0. The molecule has 1 unspecified atom stereocenters. The van der Waals surface area contributed by atoms with Gasteiger partial charge in [0.15, 0.2) is 0 Å². The molecule has 0 bridgehead atoms. The third-order valence-electron chi connectivity index (χ3n) is 4.76. The molecule has 2 amide bonds. The van der Waals surface area contributed by atoms with Gasteiger partial charge < -0.3 is 9.80 Å². The fourth-order valence-electron chi connectivity index (χ4n) is 3.01. The molecule has 0 radical (unpaired) electrons. The van der Waals surface area contributed by atoms with Gasteiger partial charge in [-0.25, -0.2) is 4.39 Å². The Labute approximate surface area is 143 Å². The third-order valence-corrected chi connectivity index (χ3v) is 4.76. The van der Waals surface area contributed by atoms with Gasteiger partial charge in [-0.05, 0) is 38.6 Å². The number of piperazine rings is 1. The molecule has 24 heavy (non-hydrogen) atoms. The Hall–Kier alpha value is -1.95. The molecular weight excluding hydrogens is 309 g/mol. The minimum atomic E-state index is -0.769. The molecule has 1 aliphatic heterocycles. The van der Waals surface area contributed by atoms with E-state index in [0.717, 1.165) is 5.56 Å². The van der Waals surface area contributed by atoms with Crippen LogP contribution in [0.4, 0.5) is 4.39 Å². The van der Waals surface area contributed by atoms with Crippen molar-refractivity contribution in [1.29, 1.82) is 0 Å². The number of benzene rings is 1. The van der Waals surface area contributed by atoms with E-state index in [1.165, 1.54) is 12.1 Å². The van der Waals surface area contributed by atoms with Gasteiger partial charge in [0.2, 0.25) is 11.8 Å². The molecule has 0 spiro atoms. The normalized spacial score (nSPS) is 19.2. The summed E-state index contributed by atoms with van der Waals surface area (Å²) < 4.78 is 13.1. The molecule has 1 aromatic rings. The molecule has 1 aromatic carbocycles. The smallest absolute Gasteiger partial charge is 0.241 e. The highest BCUT2D eigenvalue weighted by molar-refractivity contribution is 5.89. The van der Waals surface area contributed by atoms with Gasteiger partial charge in [0.1, 0.15) is 11.9 Å². The summed E-state index contributed by atoms with van der Waals surface area (Å²) in [5.74, 6) is -0.369. The van der Waals surface area contributed by atoms with Gasteiger partial charge >= 0.3 is 0 Å². The highest BCUT2D eigenvalue weighted by Gasteiger charge is 2.39. The molecule has 6 heteroatoms. The number of halogens is 1. The fraction of sp³-hybridized carbons (Fsp3) is 0.556. The van der Waals surface area contributed by atoms with Crippen molar-refractivity contribution in [3.63, 3.8) is 0 Å². The monoisotopic (exact) mass is 335 g/mol. The van der Waals surface area contributed by atoms with E-state index in [2.05, 4.69) is 0 Å². The first-order valence-electron chi connectivity index (χ1n) is 8.11. The van der Waals surface area contributed by atoms with Crippen LogP contribution in [0.3, 0.4) is 0 Å². The van der Waals surface area contributed by atoms with Crippen molar-refractivity contribution in [1.82, 2.24) is 14.7 Å². The first-order valence-corrected chi connectivity index (χ1v) is 8.11. The molecule has 0 N–H and O–H groups in total. The second kappa shape index (κ2) is 6.89. The van der Waals surface area contributed by atoms with Crippen LogP contribution in [0.5, 0.6) is 0 Å². The molecule has 1 saturated heterocycles. The SMILES string of the molecule is CN(C)C(=O)C1CN(C(=O)C(C)(C)c2ccc(F)cc2)CCN1C. The summed E-state index contributed by atoms with van der Waals surface area (Å²) in [5.41, 5.74) is -0.00157. The van der Waals surface area contributed by atoms with Crippen molar-refractivity contribution in [2.24, 2.45) is 0 Å². The Kier molecular flexibility index (Phi) is 5.28. The fourth-order valence-corrected chi connectivity index (χ4v) is 3.01. The van der Waals surface area contributed by atoms with Crippen LogP contribution < -0.4 is 0 Å². The number of carbonyl (C=O) groups is 2. The van der Waals surface area contributed by atoms with Crippen LogP contribution in [0.15, 0.2) is 24.3 Å². The van der Waals surface area contributed by atoms with Crippen molar-refractivity contribution < 1.29 is 14.0 Å². The van der Waals surface area contributed by atoms with Crippen LogP contribution >= 0.6 is 0 Å². The van der Waals surface area contributed by atoms with Gasteiger partial charge in [-0.1, -0.05) is 12.1 Å². The lowest BCUT2D eigenvalue weighted by Gasteiger charge is -2.42. The Morgan fingerprint density at radius 3 is 2.29 bits per heavy atom. The lowest BCUT2D eigenvalue weighted by atomic mass is 9.83. The van der Waals surface area contributed by atoms with Crippen molar-refractivity contribution in [2.75, 3.05) is 40.8 Å². The molecule has 1 fully saturated rings. The van der Waals surface area contributed by atoms with Crippen LogP contribution in [-0.4, -0.2) is 73.3 Å². The number of carbonyl (C=O) groups excluding carboxylic acids is 2. The van der Waals surface area contributed by atoms with Gasteiger partial charge in [0, 0.05) is 33.7 Å². The first kappa shape index (κ1) is 18.4. The zero-order valence-corrected chi connectivity index (χ0v) is 15.0. The van der Waals surface area contributed by atoms with Gasteiger partial charge in [-0.2, -0.15) is 0 Å². The maximum Gasteiger partial charge on any atom is 0.241 e. The largest absolute Gasteiger partial charge is 0.347 e. The lowest BCUT2D eigenvalue weighted by Crippen LogP contribution is -2.60. The van der Waals surface area contributed by atoms with E-state index in [4.69, 9.17) is 0 Å². The number of amides is 2. The number of hydrogen-bond donors (Lipinski definition) is 0. The highest BCUT2D eigenvalue weighted by Crippen LogP contribution is 2.27. The van der Waals surface area contributed by atoms with Crippen molar-refractivity contribution in [3.05, 3.63) is 35.6 Å². The molecule has 1 atom stereocenters. The summed E-state index contributed by atoms with van der Waals surface area (Å²) in [4.78, 5) is 30.7. The predicted molar refractivity (Wildman–Crippen MR) is 91.1 cm³/mol. The third kappa shape index (κ3) is 3.59. The van der Waals surface area contributed by atoms with E-state index in [-0.39, 0.29) is 23.7 Å². The van der Waals surface area contributed by atoms with Crippen LogP contribution in [0.25, 0.3) is 0 Å². The summed E-state index contributed by atoms with van der Waals surface area (Å²) in [7, 11) is 5.35. The van der Waals surface area contributed by atoms with Crippen LogP contribution in [-0.2, 0) is 15.0 Å². The highest BCUT2D eigenvalue weighted by atomic mass is 19.1. The number of rotatable bonds is 3.